The average Bonchev–Trinajstić information content (AvgIpc) is 3.03. The number of halogens is 1. The SMILES string of the molecule is Cc1cc2c(cc1C)OC(C(=O)NCC1CNCC1O)C2.Cl. The molecule has 0 bridgehead atoms. The Bertz CT molecular complexity index is 534. The Morgan fingerprint density at radius 2 is 2.09 bits per heavy atom. The quantitative estimate of drug-likeness (QED) is 0.765. The topological polar surface area (TPSA) is 70.6 Å². The van der Waals surface area contributed by atoms with Gasteiger partial charge in [-0.3, -0.25) is 4.79 Å². The molecule has 122 valence electrons. The summed E-state index contributed by atoms with van der Waals surface area (Å²) in [7, 11) is 0. The molecule has 0 aliphatic carbocycles. The van der Waals surface area contributed by atoms with E-state index >= 15 is 0 Å². The van der Waals surface area contributed by atoms with Crippen LogP contribution in [0.25, 0.3) is 0 Å². The molecular weight excluding hydrogens is 304 g/mol. The van der Waals surface area contributed by atoms with Crippen LogP contribution in [0, 0.1) is 19.8 Å². The van der Waals surface area contributed by atoms with Gasteiger partial charge in [-0.2, -0.15) is 0 Å². The number of β-amino-alcohol motifs (C(OH)–C–C–N with tert-alkyl or cyclic N) is 1. The molecular formula is C16H23ClN2O3. The first-order chi connectivity index (χ1) is 10.0. The number of benzene rings is 1. The Morgan fingerprint density at radius 3 is 2.77 bits per heavy atom. The van der Waals surface area contributed by atoms with Crippen LogP contribution in [0.4, 0.5) is 0 Å². The number of nitrogens with one attached hydrogen (secondary N) is 2. The first-order valence-electron chi connectivity index (χ1n) is 7.48. The molecule has 3 unspecified atom stereocenters. The minimum absolute atomic E-state index is 0. The fourth-order valence-corrected chi connectivity index (χ4v) is 2.93. The number of aliphatic hydroxyl groups is 1. The third kappa shape index (κ3) is 3.37. The number of fused-ring (bicyclic) bond motifs is 1. The Labute approximate surface area is 136 Å². The van der Waals surface area contributed by atoms with Gasteiger partial charge in [-0.05, 0) is 36.6 Å². The fourth-order valence-electron chi connectivity index (χ4n) is 2.93. The van der Waals surface area contributed by atoms with Gasteiger partial charge in [-0.15, -0.1) is 12.4 Å². The number of aryl methyl sites for hydroxylation is 2. The van der Waals surface area contributed by atoms with E-state index in [0.717, 1.165) is 17.9 Å². The van der Waals surface area contributed by atoms with Crippen LogP contribution in [-0.2, 0) is 11.2 Å². The number of hydrogen-bond donors (Lipinski definition) is 3. The van der Waals surface area contributed by atoms with Crippen molar-refractivity contribution in [3.8, 4) is 5.75 Å². The normalized spacial score (nSPS) is 26.0. The fraction of sp³-hybridized carbons (Fsp3) is 0.562. The largest absolute Gasteiger partial charge is 0.480 e. The van der Waals surface area contributed by atoms with Gasteiger partial charge in [0.1, 0.15) is 5.75 Å². The van der Waals surface area contributed by atoms with Crippen LogP contribution in [0.5, 0.6) is 5.75 Å². The van der Waals surface area contributed by atoms with Gasteiger partial charge in [-0.1, -0.05) is 6.07 Å². The Balaban J connectivity index is 0.00000176. The molecule has 3 atom stereocenters. The van der Waals surface area contributed by atoms with E-state index < -0.39 is 6.10 Å². The first kappa shape index (κ1) is 17.1. The second-order valence-electron chi connectivity index (χ2n) is 6.09. The number of hydrogen-bond acceptors (Lipinski definition) is 4. The first-order valence-corrected chi connectivity index (χ1v) is 7.48. The van der Waals surface area contributed by atoms with Crippen LogP contribution < -0.4 is 15.4 Å². The molecule has 3 N–H and O–H groups in total. The van der Waals surface area contributed by atoms with E-state index in [4.69, 9.17) is 4.74 Å². The van der Waals surface area contributed by atoms with Crippen LogP contribution in [0.15, 0.2) is 12.1 Å². The third-order valence-electron chi connectivity index (χ3n) is 4.49. The molecule has 2 heterocycles. The zero-order valence-electron chi connectivity index (χ0n) is 12.9. The van der Waals surface area contributed by atoms with E-state index in [-0.39, 0.29) is 30.3 Å². The summed E-state index contributed by atoms with van der Waals surface area (Å²) in [4.78, 5) is 12.2. The minimum Gasteiger partial charge on any atom is -0.480 e. The molecule has 1 saturated heterocycles. The molecule has 1 aromatic carbocycles. The molecule has 3 rings (SSSR count). The van der Waals surface area contributed by atoms with Crippen LogP contribution in [-0.4, -0.2) is 42.9 Å². The number of carbonyl (C=O) groups excluding carboxylic acids is 1. The second-order valence-corrected chi connectivity index (χ2v) is 6.09. The van der Waals surface area contributed by atoms with Crippen LogP contribution in [0.3, 0.4) is 0 Å². The van der Waals surface area contributed by atoms with Crippen molar-refractivity contribution in [1.82, 2.24) is 10.6 Å². The molecule has 1 amide bonds. The number of ether oxygens (including phenoxy) is 1. The van der Waals surface area contributed by atoms with E-state index in [1.54, 1.807) is 0 Å². The molecule has 2 aliphatic rings. The summed E-state index contributed by atoms with van der Waals surface area (Å²) in [6.07, 6.45) is -0.210. The predicted molar refractivity (Wildman–Crippen MR) is 86.7 cm³/mol. The maximum absolute atomic E-state index is 12.2. The minimum atomic E-state index is -0.451. The zero-order valence-corrected chi connectivity index (χ0v) is 13.7. The monoisotopic (exact) mass is 326 g/mol. The molecule has 0 saturated carbocycles. The van der Waals surface area contributed by atoms with Crippen molar-refractivity contribution in [3.05, 3.63) is 28.8 Å². The summed E-state index contributed by atoms with van der Waals surface area (Å²) >= 11 is 0. The van der Waals surface area contributed by atoms with Crippen molar-refractivity contribution in [2.75, 3.05) is 19.6 Å². The lowest BCUT2D eigenvalue weighted by Crippen LogP contribution is -2.41. The highest BCUT2D eigenvalue weighted by Gasteiger charge is 2.31. The Morgan fingerprint density at radius 1 is 1.36 bits per heavy atom. The van der Waals surface area contributed by atoms with Crippen LogP contribution >= 0.6 is 12.4 Å². The maximum atomic E-state index is 12.2. The number of amides is 1. The van der Waals surface area contributed by atoms with Gasteiger partial charge in [0, 0.05) is 32.0 Å². The molecule has 1 fully saturated rings. The second kappa shape index (κ2) is 6.86. The Hall–Kier alpha value is -1.30. The van der Waals surface area contributed by atoms with Gasteiger partial charge in [-0.25, -0.2) is 0 Å². The summed E-state index contributed by atoms with van der Waals surface area (Å²) in [5.41, 5.74) is 3.49. The van der Waals surface area contributed by atoms with Crippen molar-refractivity contribution in [2.45, 2.75) is 32.5 Å². The molecule has 0 aromatic heterocycles. The van der Waals surface area contributed by atoms with E-state index in [9.17, 15) is 9.90 Å². The van der Waals surface area contributed by atoms with Gasteiger partial charge < -0.3 is 20.5 Å². The molecule has 1 aromatic rings. The third-order valence-corrected chi connectivity index (χ3v) is 4.49. The summed E-state index contributed by atoms with van der Waals surface area (Å²) in [5, 5.41) is 15.7. The maximum Gasteiger partial charge on any atom is 0.261 e. The predicted octanol–water partition coefficient (Wildman–Crippen LogP) is 0.725. The summed E-state index contributed by atoms with van der Waals surface area (Å²) in [6.45, 7) is 5.94. The van der Waals surface area contributed by atoms with Crippen LogP contribution in [0.2, 0.25) is 0 Å². The highest BCUT2D eigenvalue weighted by Crippen LogP contribution is 2.31. The van der Waals surface area contributed by atoms with E-state index in [0.29, 0.717) is 19.5 Å². The van der Waals surface area contributed by atoms with Gasteiger partial charge in [0.15, 0.2) is 6.10 Å². The lowest BCUT2D eigenvalue weighted by molar-refractivity contribution is -0.127. The molecule has 5 nitrogen and oxygen atoms in total. The average molecular weight is 327 g/mol. The van der Waals surface area contributed by atoms with Gasteiger partial charge in [0.25, 0.3) is 5.91 Å². The molecule has 0 radical (unpaired) electrons. The van der Waals surface area contributed by atoms with Crippen LogP contribution in [0.1, 0.15) is 16.7 Å². The van der Waals surface area contributed by atoms with Crippen molar-refractivity contribution in [3.63, 3.8) is 0 Å². The van der Waals surface area contributed by atoms with E-state index in [1.165, 1.54) is 11.1 Å². The molecule has 6 heteroatoms. The highest BCUT2D eigenvalue weighted by atomic mass is 35.5. The molecule has 22 heavy (non-hydrogen) atoms. The van der Waals surface area contributed by atoms with E-state index in [1.807, 2.05) is 13.0 Å². The van der Waals surface area contributed by atoms with Gasteiger partial charge in [0.2, 0.25) is 0 Å². The van der Waals surface area contributed by atoms with Crippen molar-refractivity contribution in [2.24, 2.45) is 5.92 Å². The summed E-state index contributed by atoms with van der Waals surface area (Å²) in [6, 6.07) is 4.10. The van der Waals surface area contributed by atoms with Gasteiger partial charge in [0.05, 0.1) is 6.10 Å². The van der Waals surface area contributed by atoms with Crippen molar-refractivity contribution >= 4 is 18.3 Å². The van der Waals surface area contributed by atoms with Crippen molar-refractivity contribution < 1.29 is 14.6 Å². The zero-order chi connectivity index (χ0) is 15.0. The number of carbonyl (C=O) groups is 1. The standard InChI is InChI=1S/C16H22N2O3.ClH/c1-9-3-11-5-15(21-14(11)4-10(9)2)16(20)18-7-12-6-17-8-13(12)19;/h3-4,12-13,15,17,19H,5-8H2,1-2H3,(H,18,20);1H. The van der Waals surface area contributed by atoms with Crippen molar-refractivity contribution in [1.29, 1.82) is 0 Å². The van der Waals surface area contributed by atoms with E-state index in [2.05, 4.69) is 23.6 Å². The lowest BCUT2D eigenvalue weighted by atomic mass is 10.0. The Kier molecular flexibility index (Phi) is 5.32. The summed E-state index contributed by atoms with van der Waals surface area (Å²) < 4.78 is 5.76. The smallest absolute Gasteiger partial charge is 0.261 e. The van der Waals surface area contributed by atoms with Gasteiger partial charge >= 0.3 is 0 Å². The molecule has 0 spiro atoms. The number of rotatable bonds is 3. The molecule has 2 aliphatic heterocycles. The highest BCUT2D eigenvalue weighted by molar-refractivity contribution is 5.85. The summed E-state index contributed by atoms with van der Waals surface area (Å²) in [5.74, 6) is 0.809. The number of aliphatic hydroxyl groups excluding tert-OH is 1. The lowest BCUT2D eigenvalue weighted by Gasteiger charge is -2.16.